The van der Waals surface area contributed by atoms with Crippen LogP contribution < -0.4 is 29.7 Å². The third-order valence-corrected chi connectivity index (χ3v) is 9.61. The van der Waals surface area contributed by atoms with Crippen molar-refractivity contribution in [3.63, 3.8) is 0 Å². The quantitative estimate of drug-likeness (QED) is 0.102. The van der Waals surface area contributed by atoms with Gasteiger partial charge in [0.2, 0.25) is 0 Å². The van der Waals surface area contributed by atoms with Gasteiger partial charge in [0.15, 0.2) is 0 Å². The molecule has 47 heavy (non-hydrogen) atoms. The molecule has 0 aromatic heterocycles. The SMILES string of the molecule is CCNc1cc(C(=O)N[C@@H](Cc2ccccc2)[C@H](O)CNCc2cc(OC(C)C)cc(OC(C)C)c2)cc(N2CCCCS2(O)O)c1. The summed E-state index contributed by atoms with van der Waals surface area (Å²) >= 11 is 0. The molecule has 2 atom stereocenters. The summed E-state index contributed by atoms with van der Waals surface area (Å²) in [5, 5.41) is 21.1. The highest BCUT2D eigenvalue weighted by molar-refractivity contribution is 8.25. The Hall–Kier alpha value is -3.48. The van der Waals surface area contributed by atoms with Crippen LogP contribution in [0.3, 0.4) is 0 Å². The number of rotatable bonds is 16. The Bertz CT molecular complexity index is 1410. The van der Waals surface area contributed by atoms with E-state index in [1.165, 1.54) is 0 Å². The summed E-state index contributed by atoms with van der Waals surface area (Å²) in [4.78, 5) is 13.8. The van der Waals surface area contributed by atoms with Gasteiger partial charge in [0.05, 0.1) is 35.8 Å². The van der Waals surface area contributed by atoms with Crippen LogP contribution in [-0.2, 0) is 13.0 Å². The Balaban J connectivity index is 1.52. The number of carbonyl (C=O) groups is 1. The van der Waals surface area contributed by atoms with E-state index in [9.17, 15) is 19.0 Å². The number of anilines is 2. The topological polar surface area (TPSA) is 136 Å². The fourth-order valence-corrected chi connectivity index (χ4v) is 7.30. The average Bonchev–Trinajstić information content (AvgIpc) is 3.00. The number of hydrogen-bond donors (Lipinski definition) is 6. The number of nitrogens with zero attached hydrogens (tertiary/aromatic N) is 1. The Kier molecular flexibility index (Phi) is 13.2. The molecule has 3 aromatic carbocycles. The van der Waals surface area contributed by atoms with Gasteiger partial charge >= 0.3 is 0 Å². The maximum Gasteiger partial charge on any atom is 0.251 e. The van der Waals surface area contributed by atoms with Crippen molar-refractivity contribution >= 4 is 28.1 Å². The first kappa shape index (κ1) is 36.4. The Morgan fingerprint density at radius 1 is 0.915 bits per heavy atom. The van der Waals surface area contributed by atoms with Crippen molar-refractivity contribution in [2.45, 2.75) is 84.8 Å². The van der Waals surface area contributed by atoms with Gasteiger partial charge in [0, 0.05) is 43.5 Å². The van der Waals surface area contributed by atoms with E-state index in [0.717, 1.165) is 35.5 Å². The lowest BCUT2D eigenvalue weighted by molar-refractivity contribution is 0.0830. The summed E-state index contributed by atoms with van der Waals surface area (Å²) in [5.41, 5.74) is 3.60. The first-order valence-electron chi connectivity index (χ1n) is 16.6. The minimum absolute atomic E-state index is 0.0136. The van der Waals surface area contributed by atoms with E-state index in [1.807, 2.05) is 89.2 Å². The zero-order valence-corrected chi connectivity index (χ0v) is 29.1. The first-order valence-corrected chi connectivity index (χ1v) is 18.2. The molecule has 0 radical (unpaired) electrons. The maximum atomic E-state index is 13.8. The summed E-state index contributed by atoms with van der Waals surface area (Å²) < 4.78 is 35.1. The normalized spacial score (nSPS) is 16.4. The lowest BCUT2D eigenvalue weighted by Gasteiger charge is -2.47. The second kappa shape index (κ2) is 17.1. The number of nitrogens with one attached hydrogen (secondary N) is 3. The fourth-order valence-electron chi connectivity index (χ4n) is 5.62. The zero-order valence-electron chi connectivity index (χ0n) is 28.2. The molecule has 0 saturated carbocycles. The summed E-state index contributed by atoms with van der Waals surface area (Å²) in [6.07, 6.45) is 1.12. The van der Waals surface area contributed by atoms with Crippen molar-refractivity contribution in [2.24, 2.45) is 0 Å². The van der Waals surface area contributed by atoms with Crippen LogP contribution in [0.15, 0.2) is 66.7 Å². The molecular weight excluding hydrogens is 616 g/mol. The largest absolute Gasteiger partial charge is 0.491 e. The van der Waals surface area contributed by atoms with Gasteiger partial charge in [-0.25, -0.2) is 0 Å². The number of ether oxygens (including phenoxy) is 2. The number of carbonyl (C=O) groups excluding carboxylic acids is 1. The smallest absolute Gasteiger partial charge is 0.251 e. The molecule has 0 bridgehead atoms. The van der Waals surface area contributed by atoms with E-state index in [4.69, 9.17) is 9.47 Å². The molecule has 1 heterocycles. The summed E-state index contributed by atoms with van der Waals surface area (Å²) in [5.74, 6) is 1.39. The maximum absolute atomic E-state index is 13.8. The van der Waals surface area contributed by atoms with Crippen LogP contribution >= 0.6 is 10.8 Å². The van der Waals surface area contributed by atoms with Gasteiger partial charge in [-0.2, -0.15) is 0 Å². The lowest BCUT2D eigenvalue weighted by Crippen LogP contribution is -2.48. The molecular formula is C36H52N4O6S. The second-order valence-corrected chi connectivity index (χ2v) is 14.7. The number of hydrogen-bond acceptors (Lipinski definition) is 9. The molecule has 1 fully saturated rings. The Labute approximate surface area is 281 Å². The molecule has 3 aromatic rings. The van der Waals surface area contributed by atoms with Gasteiger partial charge in [-0.1, -0.05) is 30.3 Å². The van der Waals surface area contributed by atoms with E-state index in [-0.39, 0.29) is 24.7 Å². The molecule has 0 spiro atoms. The Morgan fingerprint density at radius 2 is 1.60 bits per heavy atom. The van der Waals surface area contributed by atoms with Crippen molar-refractivity contribution < 1.29 is 28.5 Å². The monoisotopic (exact) mass is 668 g/mol. The molecule has 6 N–H and O–H groups in total. The molecule has 0 aliphatic carbocycles. The van der Waals surface area contributed by atoms with Crippen molar-refractivity contribution in [2.75, 3.05) is 35.0 Å². The molecule has 258 valence electrons. The fraction of sp³-hybridized carbons (Fsp3) is 0.472. The number of aliphatic hydroxyl groups excluding tert-OH is 1. The summed E-state index contributed by atoms with van der Waals surface area (Å²) in [6.45, 7) is 11.7. The zero-order chi connectivity index (χ0) is 34.0. The van der Waals surface area contributed by atoms with Crippen LogP contribution in [0.5, 0.6) is 11.5 Å². The molecule has 10 nitrogen and oxygen atoms in total. The highest BCUT2D eigenvalue weighted by Gasteiger charge is 2.29. The molecule has 1 aliphatic heterocycles. The number of amides is 1. The van der Waals surface area contributed by atoms with E-state index in [2.05, 4.69) is 16.0 Å². The van der Waals surface area contributed by atoms with Crippen LogP contribution in [0, 0.1) is 0 Å². The van der Waals surface area contributed by atoms with Crippen molar-refractivity contribution in [3.8, 4) is 11.5 Å². The predicted octanol–water partition coefficient (Wildman–Crippen LogP) is 6.45. The molecule has 1 aliphatic rings. The average molecular weight is 669 g/mol. The predicted molar refractivity (Wildman–Crippen MR) is 192 cm³/mol. The minimum atomic E-state index is -2.97. The minimum Gasteiger partial charge on any atom is -0.491 e. The second-order valence-electron chi connectivity index (χ2n) is 12.6. The molecule has 11 heteroatoms. The van der Waals surface area contributed by atoms with Gasteiger partial charge in [0.25, 0.3) is 5.91 Å². The van der Waals surface area contributed by atoms with Gasteiger partial charge in [-0.05, 0) is 95.3 Å². The van der Waals surface area contributed by atoms with E-state index >= 15 is 0 Å². The molecule has 1 saturated heterocycles. The van der Waals surface area contributed by atoms with Crippen LogP contribution in [-0.4, -0.2) is 69.9 Å². The molecule has 1 amide bonds. The standard InChI is InChI=1S/C36H52N4O6S/c1-6-38-30-19-29(20-31(21-30)40-14-10-11-15-47(40,43)44)36(42)39-34(18-27-12-8-7-9-13-27)35(41)24-37-23-28-16-32(45-25(2)3)22-33(17-28)46-26(4)5/h7-9,12-13,16-17,19-22,25-26,34-35,37-38,41,43-44H,6,10-11,14-15,18,23-24H2,1-5H3,(H,39,42)/t34-,35+/m0/s1. The van der Waals surface area contributed by atoms with Gasteiger partial charge in [-0.3, -0.25) is 18.2 Å². The molecule has 4 rings (SSSR count). The molecule has 0 unspecified atom stereocenters. The Morgan fingerprint density at radius 3 is 2.21 bits per heavy atom. The van der Waals surface area contributed by atoms with E-state index in [0.29, 0.717) is 48.7 Å². The third kappa shape index (κ3) is 11.0. The van der Waals surface area contributed by atoms with Gasteiger partial charge in [0.1, 0.15) is 11.5 Å². The number of benzene rings is 3. The van der Waals surface area contributed by atoms with Crippen LogP contribution in [0.1, 0.15) is 68.9 Å². The van der Waals surface area contributed by atoms with E-state index < -0.39 is 22.9 Å². The van der Waals surface area contributed by atoms with Crippen LogP contribution in [0.2, 0.25) is 0 Å². The van der Waals surface area contributed by atoms with Gasteiger partial charge < -0.3 is 30.5 Å². The van der Waals surface area contributed by atoms with Crippen molar-refractivity contribution in [1.29, 1.82) is 0 Å². The lowest BCUT2D eigenvalue weighted by atomic mass is 10.00. The van der Waals surface area contributed by atoms with Crippen LogP contribution in [0.25, 0.3) is 0 Å². The number of aliphatic hydroxyl groups is 1. The highest BCUT2D eigenvalue weighted by atomic mass is 32.3. The van der Waals surface area contributed by atoms with E-state index in [1.54, 1.807) is 16.4 Å². The third-order valence-electron chi connectivity index (χ3n) is 7.68. The van der Waals surface area contributed by atoms with Crippen LogP contribution in [0.4, 0.5) is 11.4 Å². The van der Waals surface area contributed by atoms with Crippen molar-refractivity contribution in [1.82, 2.24) is 10.6 Å². The summed E-state index contributed by atoms with van der Waals surface area (Å²) in [7, 11) is -2.97. The van der Waals surface area contributed by atoms with Gasteiger partial charge in [-0.15, -0.1) is 10.8 Å². The highest BCUT2D eigenvalue weighted by Crippen LogP contribution is 2.50. The first-order chi connectivity index (χ1) is 22.4. The summed E-state index contributed by atoms with van der Waals surface area (Å²) in [6, 6.07) is 20.3. The van der Waals surface area contributed by atoms with Crippen molar-refractivity contribution in [3.05, 3.63) is 83.4 Å².